The predicted octanol–water partition coefficient (Wildman–Crippen LogP) is 0.0101. The van der Waals surface area contributed by atoms with E-state index in [2.05, 4.69) is 10.6 Å². The predicted molar refractivity (Wildman–Crippen MR) is 49.5 cm³/mol. The zero-order chi connectivity index (χ0) is 9.90. The third kappa shape index (κ3) is 2.42. The number of nitrogens with one attached hydrogen (secondary N) is 2. The van der Waals surface area contributed by atoms with Gasteiger partial charge in [-0.15, -0.1) is 11.6 Å². The molecule has 1 atom stereocenters. The Balaban J connectivity index is 2.51. The van der Waals surface area contributed by atoms with Crippen molar-refractivity contribution in [2.45, 2.75) is 25.3 Å². The van der Waals surface area contributed by atoms with Crippen LogP contribution in [0.25, 0.3) is 0 Å². The molecule has 1 rings (SSSR count). The van der Waals surface area contributed by atoms with E-state index in [-0.39, 0.29) is 11.8 Å². The Bertz CT molecular complexity index is 224. The molecule has 0 bridgehead atoms. The molecule has 0 radical (unpaired) electrons. The number of hydrogen-bond donors (Lipinski definition) is 2. The first-order chi connectivity index (χ1) is 6.08. The first kappa shape index (κ1) is 10.5. The van der Waals surface area contributed by atoms with Crippen molar-refractivity contribution in [2.75, 3.05) is 12.4 Å². The zero-order valence-electron chi connectivity index (χ0n) is 7.52. The second-order valence-corrected chi connectivity index (χ2v) is 3.64. The van der Waals surface area contributed by atoms with E-state index < -0.39 is 11.4 Å². The van der Waals surface area contributed by atoms with Crippen molar-refractivity contribution in [2.24, 2.45) is 0 Å². The molecule has 0 unspecified atom stereocenters. The van der Waals surface area contributed by atoms with Crippen molar-refractivity contribution >= 4 is 23.4 Å². The first-order valence-corrected chi connectivity index (χ1v) is 4.77. The van der Waals surface area contributed by atoms with Crippen LogP contribution in [-0.2, 0) is 9.59 Å². The number of carbonyl (C=O) groups excluding carboxylic acids is 2. The molecular formula is C8H13ClN2O2. The number of amides is 2. The van der Waals surface area contributed by atoms with Crippen LogP contribution in [-0.4, -0.2) is 29.8 Å². The molecule has 1 aliphatic heterocycles. The van der Waals surface area contributed by atoms with Crippen LogP contribution in [0.5, 0.6) is 0 Å². The van der Waals surface area contributed by atoms with E-state index in [0.29, 0.717) is 0 Å². The lowest BCUT2D eigenvalue weighted by atomic mass is 9.99. The van der Waals surface area contributed by atoms with E-state index in [1.54, 1.807) is 6.92 Å². The van der Waals surface area contributed by atoms with Gasteiger partial charge in [-0.25, -0.2) is 0 Å². The molecule has 0 aromatic heterocycles. The molecule has 0 aromatic carbocycles. The van der Waals surface area contributed by atoms with Gasteiger partial charge in [0.1, 0.15) is 5.88 Å². The molecule has 74 valence electrons. The maximum absolute atomic E-state index is 11.5. The van der Waals surface area contributed by atoms with Crippen LogP contribution in [0.4, 0.5) is 0 Å². The Kier molecular flexibility index (Phi) is 3.27. The van der Waals surface area contributed by atoms with Gasteiger partial charge in [0.15, 0.2) is 0 Å². The Morgan fingerprint density at radius 3 is 2.77 bits per heavy atom. The van der Waals surface area contributed by atoms with E-state index in [1.807, 2.05) is 0 Å². The zero-order valence-corrected chi connectivity index (χ0v) is 8.28. The summed E-state index contributed by atoms with van der Waals surface area (Å²) in [6, 6.07) is 0. The van der Waals surface area contributed by atoms with Crippen LogP contribution in [0.2, 0.25) is 0 Å². The Morgan fingerprint density at radius 1 is 1.62 bits per heavy atom. The van der Waals surface area contributed by atoms with E-state index >= 15 is 0 Å². The molecule has 1 fully saturated rings. The summed E-state index contributed by atoms with van der Waals surface area (Å²) >= 11 is 5.26. The molecule has 1 aliphatic rings. The number of alkyl halides is 1. The standard InChI is InChI=1S/C8H13ClN2O2/c1-8(3-2-4-10-8)7(13)11-6(12)5-9/h10H,2-5H2,1H3,(H,11,12,13)/t8-/m0/s1. The second kappa shape index (κ2) is 4.07. The second-order valence-electron chi connectivity index (χ2n) is 3.37. The third-order valence-corrected chi connectivity index (χ3v) is 2.49. The summed E-state index contributed by atoms with van der Waals surface area (Å²) in [5.74, 6) is -0.904. The van der Waals surface area contributed by atoms with E-state index in [9.17, 15) is 9.59 Å². The lowest BCUT2D eigenvalue weighted by Gasteiger charge is -2.21. The number of hydrogen-bond acceptors (Lipinski definition) is 3. The highest BCUT2D eigenvalue weighted by atomic mass is 35.5. The summed E-state index contributed by atoms with van der Waals surface area (Å²) in [5.41, 5.74) is -0.596. The highest BCUT2D eigenvalue weighted by molar-refractivity contribution is 6.28. The van der Waals surface area contributed by atoms with Gasteiger partial charge in [0.05, 0.1) is 5.54 Å². The summed E-state index contributed by atoms with van der Waals surface area (Å²) in [4.78, 5) is 22.3. The van der Waals surface area contributed by atoms with Crippen molar-refractivity contribution in [3.05, 3.63) is 0 Å². The lowest BCUT2D eigenvalue weighted by Crippen LogP contribution is -2.52. The average molecular weight is 205 g/mol. The van der Waals surface area contributed by atoms with E-state index in [0.717, 1.165) is 19.4 Å². The topological polar surface area (TPSA) is 58.2 Å². The summed E-state index contributed by atoms with van der Waals surface area (Å²) in [6.07, 6.45) is 1.72. The average Bonchev–Trinajstić information content (AvgIpc) is 2.53. The normalized spacial score (nSPS) is 27.2. The fraction of sp³-hybridized carbons (Fsp3) is 0.750. The van der Waals surface area contributed by atoms with Gasteiger partial charge in [-0.1, -0.05) is 0 Å². The SMILES string of the molecule is C[C@@]1(C(=O)NC(=O)CCl)CCCN1. The van der Waals surface area contributed by atoms with Crippen LogP contribution >= 0.6 is 11.6 Å². The van der Waals surface area contributed by atoms with Crippen LogP contribution in [0.1, 0.15) is 19.8 Å². The summed E-state index contributed by atoms with van der Waals surface area (Å²) < 4.78 is 0. The molecule has 5 heteroatoms. The van der Waals surface area contributed by atoms with Gasteiger partial charge < -0.3 is 5.32 Å². The highest BCUT2D eigenvalue weighted by Gasteiger charge is 2.36. The maximum Gasteiger partial charge on any atom is 0.246 e. The highest BCUT2D eigenvalue weighted by Crippen LogP contribution is 2.18. The van der Waals surface area contributed by atoms with Gasteiger partial charge in [-0.2, -0.15) is 0 Å². The molecule has 13 heavy (non-hydrogen) atoms. The number of carbonyl (C=O) groups is 2. The van der Waals surface area contributed by atoms with Gasteiger partial charge in [0, 0.05) is 0 Å². The Morgan fingerprint density at radius 2 is 2.31 bits per heavy atom. The van der Waals surface area contributed by atoms with Crippen molar-refractivity contribution in [1.82, 2.24) is 10.6 Å². The number of halogens is 1. The first-order valence-electron chi connectivity index (χ1n) is 4.24. The minimum Gasteiger partial charge on any atom is -0.304 e. The smallest absolute Gasteiger partial charge is 0.246 e. The quantitative estimate of drug-likeness (QED) is 0.623. The molecule has 4 nitrogen and oxygen atoms in total. The minimum atomic E-state index is -0.596. The van der Waals surface area contributed by atoms with E-state index in [4.69, 9.17) is 11.6 Å². The van der Waals surface area contributed by atoms with Crippen LogP contribution in [0.15, 0.2) is 0 Å². The van der Waals surface area contributed by atoms with Crippen LogP contribution < -0.4 is 10.6 Å². The van der Waals surface area contributed by atoms with E-state index in [1.165, 1.54) is 0 Å². The van der Waals surface area contributed by atoms with Gasteiger partial charge in [0.2, 0.25) is 11.8 Å². The summed E-state index contributed by atoms with van der Waals surface area (Å²) in [5, 5.41) is 5.29. The van der Waals surface area contributed by atoms with Crippen molar-refractivity contribution < 1.29 is 9.59 Å². The third-order valence-electron chi connectivity index (χ3n) is 2.24. The molecule has 0 saturated carbocycles. The van der Waals surface area contributed by atoms with Gasteiger partial charge in [0.25, 0.3) is 0 Å². The Labute approximate surface area is 82.0 Å². The number of rotatable bonds is 2. The van der Waals surface area contributed by atoms with Crippen molar-refractivity contribution in [1.29, 1.82) is 0 Å². The molecule has 2 amide bonds. The fourth-order valence-corrected chi connectivity index (χ4v) is 1.45. The summed E-state index contributed by atoms with van der Waals surface area (Å²) in [7, 11) is 0. The maximum atomic E-state index is 11.5. The van der Waals surface area contributed by atoms with Gasteiger partial charge in [-0.3, -0.25) is 14.9 Å². The summed E-state index contributed by atoms with van der Waals surface area (Å²) in [6.45, 7) is 2.61. The molecule has 0 spiro atoms. The van der Waals surface area contributed by atoms with Crippen molar-refractivity contribution in [3.63, 3.8) is 0 Å². The monoisotopic (exact) mass is 204 g/mol. The molecule has 1 heterocycles. The van der Waals surface area contributed by atoms with Gasteiger partial charge in [-0.05, 0) is 26.3 Å². The van der Waals surface area contributed by atoms with Crippen LogP contribution in [0.3, 0.4) is 0 Å². The van der Waals surface area contributed by atoms with Crippen molar-refractivity contribution in [3.8, 4) is 0 Å². The van der Waals surface area contributed by atoms with Crippen LogP contribution in [0, 0.1) is 0 Å². The molecule has 1 saturated heterocycles. The minimum absolute atomic E-state index is 0.179. The molecule has 2 N–H and O–H groups in total. The molecule has 0 aromatic rings. The van der Waals surface area contributed by atoms with Gasteiger partial charge >= 0.3 is 0 Å². The lowest BCUT2D eigenvalue weighted by molar-refractivity contribution is -0.132. The Hall–Kier alpha value is -0.610. The molecular weight excluding hydrogens is 192 g/mol. The molecule has 0 aliphatic carbocycles. The number of imide groups is 1. The largest absolute Gasteiger partial charge is 0.304 e. The fourth-order valence-electron chi connectivity index (χ4n) is 1.39.